The Morgan fingerprint density at radius 3 is 1.47 bits per heavy atom. The van der Waals surface area contributed by atoms with Crippen LogP contribution in [0, 0.1) is 0 Å². The van der Waals surface area contributed by atoms with Crippen molar-refractivity contribution >= 4 is 46.9 Å². The molecule has 8 heteroatoms. The maximum absolute atomic E-state index is 12.2. The van der Waals surface area contributed by atoms with E-state index in [0.717, 1.165) is 22.6 Å². The molecule has 0 aliphatic heterocycles. The van der Waals surface area contributed by atoms with Gasteiger partial charge in [0, 0.05) is 30.6 Å². The maximum Gasteiger partial charge on any atom is 0.271 e. The van der Waals surface area contributed by atoms with E-state index >= 15 is 0 Å². The predicted molar refractivity (Wildman–Crippen MR) is 124 cm³/mol. The molecule has 3 rings (SSSR count). The summed E-state index contributed by atoms with van der Waals surface area (Å²) in [6.07, 6.45) is 5.20. The molecule has 0 atom stereocenters. The summed E-state index contributed by atoms with van der Waals surface area (Å²) < 4.78 is 0. The Labute approximate surface area is 183 Å². The Hall–Kier alpha value is -3.10. The number of nitrogens with zero attached hydrogens (tertiary/aromatic N) is 2. The molecule has 6 nitrogen and oxygen atoms in total. The molecule has 0 aliphatic rings. The highest BCUT2D eigenvalue weighted by molar-refractivity contribution is 7.14. The van der Waals surface area contributed by atoms with E-state index in [0.29, 0.717) is 11.1 Å². The number of rotatable bonds is 8. The molecular weight excluding hydrogens is 416 g/mol. The summed E-state index contributed by atoms with van der Waals surface area (Å²) in [7, 11) is 0. The first kappa shape index (κ1) is 21.6. The Kier molecular flexibility index (Phi) is 7.64. The van der Waals surface area contributed by atoms with Crippen LogP contribution in [0.5, 0.6) is 0 Å². The summed E-state index contributed by atoms with van der Waals surface area (Å²) in [6, 6.07) is 14.3. The molecule has 0 saturated heterocycles. The first-order valence-corrected chi connectivity index (χ1v) is 11.2. The average Bonchev–Trinajstić information content (AvgIpc) is 3.43. The first-order chi connectivity index (χ1) is 14.6. The smallest absolute Gasteiger partial charge is 0.267 e. The summed E-state index contributed by atoms with van der Waals surface area (Å²) in [5, 5.41) is 7.98. The van der Waals surface area contributed by atoms with Crippen LogP contribution in [-0.4, -0.2) is 24.2 Å². The molecule has 0 aliphatic carbocycles. The van der Waals surface area contributed by atoms with Crippen molar-refractivity contribution in [3.8, 4) is 0 Å². The quantitative estimate of drug-likeness (QED) is 0.402. The largest absolute Gasteiger partial charge is 0.271 e. The fourth-order valence-electron chi connectivity index (χ4n) is 2.52. The monoisotopic (exact) mass is 438 g/mol. The lowest BCUT2D eigenvalue weighted by Gasteiger charge is -2.02. The third kappa shape index (κ3) is 5.95. The zero-order valence-electron chi connectivity index (χ0n) is 16.7. The van der Waals surface area contributed by atoms with Gasteiger partial charge in [-0.05, 0) is 61.4 Å². The van der Waals surface area contributed by atoms with Gasteiger partial charge in [-0.1, -0.05) is 13.8 Å². The highest BCUT2D eigenvalue weighted by atomic mass is 32.1. The summed E-state index contributed by atoms with van der Waals surface area (Å²) >= 11 is 3.27. The molecule has 2 amide bonds. The van der Waals surface area contributed by atoms with Crippen LogP contribution in [0.1, 0.15) is 54.1 Å². The van der Waals surface area contributed by atoms with Crippen LogP contribution < -0.4 is 10.9 Å². The number of aryl methyl sites for hydroxylation is 2. The van der Waals surface area contributed by atoms with Gasteiger partial charge in [-0.2, -0.15) is 10.2 Å². The van der Waals surface area contributed by atoms with Gasteiger partial charge in [0.1, 0.15) is 0 Å². The average molecular weight is 439 g/mol. The summed E-state index contributed by atoms with van der Waals surface area (Å²) in [5.41, 5.74) is 5.82. The molecule has 0 unspecified atom stereocenters. The van der Waals surface area contributed by atoms with E-state index < -0.39 is 0 Å². The van der Waals surface area contributed by atoms with E-state index in [4.69, 9.17) is 0 Å². The van der Waals surface area contributed by atoms with E-state index in [1.165, 1.54) is 9.75 Å². The van der Waals surface area contributed by atoms with Gasteiger partial charge in [0.05, 0.1) is 12.4 Å². The maximum atomic E-state index is 12.2. The van der Waals surface area contributed by atoms with Crippen molar-refractivity contribution in [1.82, 2.24) is 10.9 Å². The SMILES string of the molecule is CCc1ccc(C=NNC(=O)c2ccc(C(=O)NN=Cc3ccc(CC)s3)cc2)s1. The van der Waals surface area contributed by atoms with Crippen molar-refractivity contribution in [2.24, 2.45) is 10.2 Å². The Morgan fingerprint density at radius 1 is 0.733 bits per heavy atom. The number of hydrazone groups is 2. The van der Waals surface area contributed by atoms with Gasteiger partial charge in [-0.25, -0.2) is 10.9 Å². The van der Waals surface area contributed by atoms with E-state index in [-0.39, 0.29) is 11.8 Å². The lowest BCUT2D eigenvalue weighted by atomic mass is 10.1. The van der Waals surface area contributed by atoms with E-state index in [9.17, 15) is 9.59 Å². The number of hydrogen-bond donors (Lipinski definition) is 2. The van der Waals surface area contributed by atoms with Gasteiger partial charge >= 0.3 is 0 Å². The van der Waals surface area contributed by atoms with Gasteiger partial charge in [0.15, 0.2) is 0 Å². The lowest BCUT2D eigenvalue weighted by Crippen LogP contribution is -2.19. The van der Waals surface area contributed by atoms with Crippen LogP contribution in [0.25, 0.3) is 0 Å². The summed E-state index contributed by atoms with van der Waals surface area (Å²) in [4.78, 5) is 28.9. The predicted octanol–water partition coefficient (Wildman–Crippen LogP) is 4.46. The van der Waals surface area contributed by atoms with Crippen molar-refractivity contribution < 1.29 is 9.59 Å². The van der Waals surface area contributed by atoms with Gasteiger partial charge in [0.25, 0.3) is 11.8 Å². The highest BCUT2D eigenvalue weighted by Gasteiger charge is 2.08. The molecule has 154 valence electrons. The fraction of sp³-hybridized carbons (Fsp3) is 0.182. The molecule has 0 spiro atoms. The third-order valence-corrected chi connectivity index (χ3v) is 6.52. The van der Waals surface area contributed by atoms with E-state index in [1.54, 1.807) is 59.4 Å². The van der Waals surface area contributed by atoms with Crippen molar-refractivity contribution in [3.63, 3.8) is 0 Å². The lowest BCUT2D eigenvalue weighted by molar-refractivity contribution is 0.0943. The minimum absolute atomic E-state index is 0.340. The molecule has 0 radical (unpaired) electrons. The minimum Gasteiger partial charge on any atom is -0.267 e. The first-order valence-electron chi connectivity index (χ1n) is 9.53. The topological polar surface area (TPSA) is 82.9 Å². The molecule has 0 fully saturated rings. The van der Waals surface area contributed by atoms with Crippen LogP contribution in [0.4, 0.5) is 0 Å². The van der Waals surface area contributed by atoms with Crippen LogP contribution in [0.2, 0.25) is 0 Å². The molecule has 0 saturated carbocycles. The number of carbonyl (C=O) groups is 2. The van der Waals surface area contributed by atoms with Gasteiger partial charge in [-0.15, -0.1) is 22.7 Å². The summed E-state index contributed by atoms with van der Waals surface area (Å²) in [5.74, 6) is -0.680. The second-order valence-electron chi connectivity index (χ2n) is 6.29. The van der Waals surface area contributed by atoms with E-state index in [2.05, 4.69) is 34.9 Å². The van der Waals surface area contributed by atoms with Crippen LogP contribution in [0.15, 0.2) is 58.7 Å². The van der Waals surface area contributed by atoms with Crippen molar-refractivity contribution in [2.45, 2.75) is 26.7 Å². The standard InChI is InChI=1S/C22H22N4O2S2/c1-3-17-9-11-19(29-17)13-23-25-21(27)15-5-7-16(8-6-15)22(28)26-24-14-20-12-10-18(4-2)30-20/h5-14H,3-4H2,1-2H3,(H,25,27)(H,26,28). The Balaban J connectivity index is 1.51. The molecular formula is C22H22N4O2S2. The van der Waals surface area contributed by atoms with Gasteiger partial charge in [-0.3, -0.25) is 9.59 Å². The fourth-order valence-corrected chi connectivity index (χ4v) is 4.17. The number of hydrogen-bond acceptors (Lipinski definition) is 6. The molecule has 3 aromatic rings. The van der Waals surface area contributed by atoms with Gasteiger partial charge < -0.3 is 0 Å². The van der Waals surface area contributed by atoms with Crippen molar-refractivity contribution in [3.05, 3.63) is 79.2 Å². The second kappa shape index (κ2) is 10.6. The number of amides is 2. The van der Waals surface area contributed by atoms with Crippen LogP contribution >= 0.6 is 22.7 Å². The minimum atomic E-state index is -0.340. The highest BCUT2D eigenvalue weighted by Crippen LogP contribution is 2.15. The molecule has 1 aromatic carbocycles. The number of nitrogens with one attached hydrogen (secondary N) is 2. The number of thiophene rings is 2. The second-order valence-corrected chi connectivity index (χ2v) is 8.69. The normalized spacial score (nSPS) is 11.3. The molecule has 2 heterocycles. The van der Waals surface area contributed by atoms with Crippen molar-refractivity contribution in [1.29, 1.82) is 0 Å². The van der Waals surface area contributed by atoms with Gasteiger partial charge in [0.2, 0.25) is 0 Å². The molecule has 2 aromatic heterocycles. The van der Waals surface area contributed by atoms with Crippen LogP contribution in [-0.2, 0) is 12.8 Å². The Morgan fingerprint density at radius 2 is 1.13 bits per heavy atom. The molecule has 30 heavy (non-hydrogen) atoms. The third-order valence-electron chi connectivity index (χ3n) is 4.19. The van der Waals surface area contributed by atoms with E-state index in [1.807, 2.05) is 24.3 Å². The molecule has 0 bridgehead atoms. The van der Waals surface area contributed by atoms with Crippen molar-refractivity contribution in [2.75, 3.05) is 0 Å². The molecule has 2 N–H and O–H groups in total. The number of carbonyl (C=O) groups excluding carboxylic acids is 2. The Bertz CT molecular complexity index is 980. The van der Waals surface area contributed by atoms with Crippen LogP contribution in [0.3, 0.4) is 0 Å². The zero-order valence-corrected chi connectivity index (χ0v) is 18.3. The number of benzene rings is 1. The summed E-state index contributed by atoms with van der Waals surface area (Å²) in [6.45, 7) is 4.19. The zero-order chi connectivity index (χ0) is 21.3.